The number of carboxylic acid groups (broad SMARTS) is 1. The quantitative estimate of drug-likeness (QED) is 0.733. The third kappa shape index (κ3) is 1.93. The molecule has 1 N–H and O–H groups in total. The minimum atomic E-state index is -4.76. The summed E-state index contributed by atoms with van der Waals surface area (Å²) in [6, 6.07) is 0. The molecule has 0 aromatic heterocycles. The van der Waals surface area contributed by atoms with E-state index in [0.29, 0.717) is 0 Å². The molecular formula is C7H9F3O3. The zero-order valence-corrected chi connectivity index (χ0v) is 7.05. The van der Waals surface area contributed by atoms with Gasteiger partial charge in [-0.2, -0.15) is 0 Å². The van der Waals surface area contributed by atoms with Crippen LogP contribution in [0.2, 0.25) is 0 Å². The molecule has 0 aliphatic heterocycles. The van der Waals surface area contributed by atoms with Crippen molar-refractivity contribution in [2.24, 2.45) is 11.3 Å². The second kappa shape index (κ2) is 2.60. The third-order valence-corrected chi connectivity index (χ3v) is 2.26. The molecule has 2 unspecified atom stereocenters. The van der Waals surface area contributed by atoms with Crippen molar-refractivity contribution in [3.05, 3.63) is 0 Å². The first-order valence-corrected chi connectivity index (χ1v) is 3.63. The van der Waals surface area contributed by atoms with Gasteiger partial charge in [-0.1, -0.05) is 13.8 Å². The summed E-state index contributed by atoms with van der Waals surface area (Å²) in [7, 11) is 0. The Bertz CT molecular complexity index is 234. The molecule has 1 aliphatic rings. The summed E-state index contributed by atoms with van der Waals surface area (Å²) >= 11 is 0. The summed E-state index contributed by atoms with van der Waals surface area (Å²) in [6.45, 7) is 2.87. The van der Waals surface area contributed by atoms with E-state index in [1.165, 1.54) is 13.8 Å². The fourth-order valence-electron chi connectivity index (χ4n) is 1.40. The lowest BCUT2D eigenvalue weighted by Gasteiger charge is -2.07. The summed E-state index contributed by atoms with van der Waals surface area (Å²) < 4.78 is 38.8. The van der Waals surface area contributed by atoms with Crippen LogP contribution in [0.15, 0.2) is 0 Å². The highest BCUT2D eigenvalue weighted by Crippen LogP contribution is 2.55. The first-order valence-electron chi connectivity index (χ1n) is 3.63. The van der Waals surface area contributed by atoms with Crippen molar-refractivity contribution in [3.63, 3.8) is 0 Å². The minimum Gasteiger partial charge on any atom is -0.481 e. The molecule has 6 heteroatoms. The van der Waals surface area contributed by atoms with Crippen molar-refractivity contribution in [1.82, 2.24) is 0 Å². The number of hydrogen-bond acceptors (Lipinski definition) is 2. The van der Waals surface area contributed by atoms with Gasteiger partial charge in [-0.25, -0.2) is 0 Å². The van der Waals surface area contributed by atoms with Crippen LogP contribution in [0, 0.1) is 11.3 Å². The van der Waals surface area contributed by atoms with E-state index in [4.69, 9.17) is 5.11 Å². The Labute approximate surface area is 72.5 Å². The van der Waals surface area contributed by atoms with Gasteiger partial charge in [-0.15, -0.1) is 13.2 Å². The summed E-state index contributed by atoms with van der Waals surface area (Å²) in [5, 5.41) is 8.51. The van der Waals surface area contributed by atoms with E-state index in [1.807, 2.05) is 0 Å². The van der Waals surface area contributed by atoms with Gasteiger partial charge in [0.15, 0.2) is 0 Å². The highest BCUT2D eigenvalue weighted by atomic mass is 19.4. The van der Waals surface area contributed by atoms with E-state index in [-0.39, 0.29) is 0 Å². The van der Waals surface area contributed by atoms with E-state index in [1.54, 1.807) is 0 Å². The number of alkyl halides is 3. The number of carbonyl (C=O) groups is 1. The number of aliphatic carboxylic acids is 1. The molecule has 3 nitrogen and oxygen atoms in total. The van der Waals surface area contributed by atoms with Crippen LogP contribution in [0.4, 0.5) is 13.2 Å². The molecule has 2 atom stereocenters. The van der Waals surface area contributed by atoms with Crippen LogP contribution in [0.25, 0.3) is 0 Å². The molecule has 1 saturated carbocycles. The second-order valence-electron chi connectivity index (χ2n) is 3.62. The average Bonchev–Trinajstić information content (AvgIpc) is 2.28. The van der Waals surface area contributed by atoms with Crippen LogP contribution in [-0.2, 0) is 9.53 Å². The summed E-state index contributed by atoms with van der Waals surface area (Å²) in [5.74, 6) is -2.31. The molecule has 0 aromatic carbocycles. The Hall–Kier alpha value is -0.780. The molecule has 0 heterocycles. The summed E-state index contributed by atoms with van der Waals surface area (Å²) in [4.78, 5) is 10.4. The molecule has 0 spiro atoms. The fourth-order valence-corrected chi connectivity index (χ4v) is 1.40. The van der Waals surface area contributed by atoms with Crippen molar-refractivity contribution in [3.8, 4) is 0 Å². The highest BCUT2D eigenvalue weighted by Gasteiger charge is 2.66. The average molecular weight is 198 g/mol. The maximum atomic E-state index is 11.7. The zero-order chi connectivity index (χ0) is 10.4. The Morgan fingerprint density at radius 1 is 1.46 bits per heavy atom. The Balaban J connectivity index is 2.61. The molecule has 0 bridgehead atoms. The van der Waals surface area contributed by atoms with Gasteiger partial charge in [-0.3, -0.25) is 9.53 Å². The van der Waals surface area contributed by atoms with Crippen LogP contribution in [0.5, 0.6) is 0 Å². The Morgan fingerprint density at radius 3 is 2.15 bits per heavy atom. The third-order valence-electron chi connectivity index (χ3n) is 2.26. The largest absolute Gasteiger partial charge is 0.522 e. The van der Waals surface area contributed by atoms with Gasteiger partial charge < -0.3 is 5.11 Å². The van der Waals surface area contributed by atoms with Crippen molar-refractivity contribution in [1.29, 1.82) is 0 Å². The number of ether oxygens (including phenoxy) is 1. The van der Waals surface area contributed by atoms with E-state index < -0.39 is 29.8 Å². The molecular weight excluding hydrogens is 189 g/mol. The lowest BCUT2D eigenvalue weighted by atomic mass is 10.1. The first-order chi connectivity index (χ1) is 5.66. The van der Waals surface area contributed by atoms with Crippen LogP contribution in [-0.4, -0.2) is 23.5 Å². The van der Waals surface area contributed by atoms with Gasteiger partial charge >= 0.3 is 12.3 Å². The van der Waals surface area contributed by atoms with Crippen LogP contribution < -0.4 is 0 Å². The number of carboxylic acids is 1. The predicted molar refractivity (Wildman–Crippen MR) is 35.8 cm³/mol. The first kappa shape index (κ1) is 10.3. The smallest absolute Gasteiger partial charge is 0.481 e. The van der Waals surface area contributed by atoms with Crippen molar-refractivity contribution >= 4 is 5.97 Å². The molecule has 13 heavy (non-hydrogen) atoms. The molecule has 0 aromatic rings. The van der Waals surface area contributed by atoms with Crippen molar-refractivity contribution in [2.75, 3.05) is 0 Å². The standard InChI is InChI=1S/C7H9F3O3/c1-6(2)3(5(11)12)4(6)13-7(8,9)10/h3-4H,1-2H3,(H,11,12). The maximum absolute atomic E-state index is 11.7. The molecule has 1 fully saturated rings. The number of halogens is 3. The second-order valence-corrected chi connectivity index (χ2v) is 3.62. The SMILES string of the molecule is CC1(C)C(OC(F)(F)F)C1C(=O)O. The summed E-state index contributed by atoms with van der Waals surface area (Å²) in [6.07, 6.45) is -6.02. The molecule has 0 saturated heterocycles. The van der Waals surface area contributed by atoms with Gasteiger partial charge in [0.2, 0.25) is 0 Å². The van der Waals surface area contributed by atoms with E-state index in [2.05, 4.69) is 4.74 Å². The van der Waals surface area contributed by atoms with Crippen LogP contribution >= 0.6 is 0 Å². The predicted octanol–water partition coefficient (Wildman–Crippen LogP) is 1.63. The van der Waals surface area contributed by atoms with Gasteiger partial charge in [0.25, 0.3) is 0 Å². The Kier molecular flexibility index (Phi) is 2.06. The Morgan fingerprint density at radius 2 is 1.92 bits per heavy atom. The van der Waals surface area contributed by atoms with Gasteiger partial charge in [0.1, 0.15) is 0 Å². The van der Waals surface area contributed by atoms with Crippen molar-refractivity contribution in [2.45, 2.75) is 26.3 Å². The lowest BCUT2D eigenvalue weighted by molar-refractivity contribution is -0.334. The zero-order valence-electron chi connectivity index (χ0n) is 7.05. The highest BCUT2D eigenvalue weighted by molar-refractivity contribution is 5.76. The molecule has 0 amide bonds. The molecule has 1 aliphatic carbocycles. The fraction of sp³-hybridized carbons (Fsp3) is 0.857. The van der Waals surface area contributed by atoms with Crippen LogP contribution in [0.3, 0.4) is 0 Å². The molecule has 1 rings (SSSR count). The maximum Gasteiger partial charge on any atom is 0.522 e. The van der Waals surface area contributed by atoms with Crippen LogP contribution in [0.1, 0.15) is 13.8 Å². The van der Waals surface area contributed by atoms with E-state index >= 15 is 0 Å². The monoisotopic (exact) mass is 198 g/mol. The summed E-state index contributed by atoms with van der Waals surface area (Å²) in [5.41, 5.74) is -0.929. The number of rotatable bonds is 2. The van der Waals surface area contributed by atoms with Crippen molar-refractivity contribution < 1.29 is 27.8 Å². The van der Waals surface area contributed by atoms with Gasteiger partial charge in [-0.05, 0) is 0 Å². The normalized spacial score (nSPS) is 31.5. The number of hydrogen-bond donors (Lipinski definition) is 1. The molecule has 0 radical (unpaired) electrons. The lowest BCUT2D eigenvalue weighted by Crippen LogP contribution is -2.18. The van der Waals surface area contributed by atoms with Gasteiger partial charge in [0.05, 0.1) is 12.0 Å². The van der Waals surface area contributed by atoms with Gasteiger partial charge in [0, 0.05) is 5.41 Å². The molecule has 76 valence electrons. The van der Waals surface area contributed by atoms with E-state index in [9.17, 15) is 18.0 Å². The van der Waals surface area contributed by atoms with E-state index in [0.717, 1.165) is 0 Å². The topological polar surface area (TPSA) is 46.5 Å². The minimum absolute atomic E-state index is 0.929.